The van der Waals surface area contributed by atoms with Crippen LogP contribution in [-0.2, 0) is 4.79 Å². The predicted molar refractivity (Wildman–Crippen MR) is 88.0 cm³/mol. The van der Waals surface area contributed by atoms with Gasteiger partial charge in [-0.25, -0.2) is 4.79 Å². The number of carbonyl (C=O) groups excluding carboxylic acids is 2. The zero-order valence-electron chi connectivity index (χ0n) is 12.9. The lowest BCUT2D eigenvalue weighted by atomic mass is 10.0. The van der Waals surface area contributed by atoms with E-state index in [0.29, 0.717) is 10.7 Å². The quantitative estimate of drug-likeness (QED) is 0.894. The van der Waals surface area contributed by atoms with Crippen LogP contribution in [0.4, 0.5) is 10.5 Å². The lowest BCUT2D eigenvalue weighted by Gasteiger charge is -2.26. The molecule has 1 saturated heterocycles. The molecule has 1 aromatic rings. The van der Waals surface area contributed by atoms with Crippen LogP contribution in [0.2, 0.25) is 5.02 Å². The third kappa shape index (κ3) is 4.37. The highest BCUT2D eigenvalue weighted by molar-refractivity contribution is 6.30. The molecule has 1 fully saturated rings. The van der Waals surface area contributed by atoms with Crippen LogP contribution in [0.3, 0.4) is 0 Å². The monoisotopic (exact) mass is 323 g/mol. The Kier molecular flexibility index (Phi) is 5.66. The van der Waals surface area contributed by atoms with Gasteiger partial charge in [-0.2, -0.15) is 0 Å². The molecule has 3 amide bonds. The first kappa shape index (κ1) is 16.6. The number of hydrogen-bond donors (Lipinski definition) is 2. The van der Waals surface area contributed by atoms with Crippen molar-refractivity contribution >= 4 is 29.2 Å². The van der Waals surface area contributed by atoms with Crippen molar-refractivity contribution in [2.24, 2.45) is 5.92 Å². The highest BCUT2D eigenvalue weighted by Gasteiger charge is 2.29. The van der Waals surface area contributed by atoms with Crippen LogP contribution in [0.1, 0.15) is 26.7 Å². The minimum absolute atomic E-state index is 0.00579. The van der Waals surface area contributed by atoms with Crippen molar-refractivity contribution in [2.75, 3.05) is 18.4 Å². The van der Waals surface area contributed by atoms with Gasteiger partial charge in [0, 0.05) is 23.8 Å². The minimum atomic E-state index is -0.516. The maximum atomic E-state index is 12.5. The van der Waals surface area contributed by atoms with Crippen LogP contribution < -0.4 is 10.6 Å². The van der Waals surface area contributed by atoms with Gasteiger partial charge in [0.25, 0.3) is 0 Å². The summed E-state index contributed by atoms with van der Waals surface area (Å²) in [5.74, 6) is 0.0203. The number of rotatable bonds is 4. The van der Waals surface area contributed by atoms with Gasteiger partial charge in [0.1, 0.15) is 6.04 Å². The Morgan fingerprint density at radius 1 is 1.23 bits per heavy atom. The summed E-state index contributed by atoms with van der Waals surface area (Å²) in [5.41, 5.74) is 0.598. The van der Waals surface area contributed by atoms with Crippen molar-refractivity contribution in [1.29, 1.82) is 0 Å². The van der Waals surface area contributed by atoms with E-state index in [-0.39, 0.29) is 11.8 Å². The molecule has 6 heteroatoms. The molecule has 2 N–H and O–H groups in total. The molecule has 120 valence electrons. The Morgan fingerprint density at radius 2 is 1.91 bits per heavy atom. The second-order valence-electron chi connectivity index (χ2n) is 5.86. The average molecular weight is 324 g/mol. The fraction of sp³-hybridized carbons (Fsp3) is 0.500. The van der Waals surface area contributed by atoms with Crippen molar-refractivity contribution < 1.29 is 9.59 Å². The van der Waals surface area contributed by atoms with Crippen LogP contribution in [0.25, 0.3) is 0 Å². The number of carbonyl (C=O) groups is 2. The number of hydrogen-bond acceptors (Lipinski definition) is 2. The zero-order chi connectivity index (χ0) is 16.1. The molecule has 0 unspecified atom stereocenters. The Morgan fingerprint density at radius 3 is 2.50 bits per heavy atom. The number of anilines is 1. The van der Waals surface area contributed by atoms with E-state index in [0.717, 1.165) is 25.9 Å². The molecule has 0 bridgehead atoms. The molecule has 1 aromatic carbocycles. The van der Waals surface area contributed by atoms with Crippen LogP contribution in [0.15, 0.2) is 24.3 Å². The lowest BCUT2D eigenvalue weighted by molar-refractivity contribution is -0.133. The summed E-state index contributed by atoms with van der Waals surface area (Å²) in [6.07, 6.45) is 2.07. The second kappa shape index (κ2) is 7.49. The first-order valence-corrected chi connectivity index (χ1v) is 7.97. The molecule has 1 aliphatic rings. The molecular formula is C16H22ClN3O2. The third-order valence-corrected chi connectivity index (χ3v) is 3.95. The largest absolute Gasteiger partial charge is 0.341 e. The standard InChI is InChI=1S/C16H22ClN3O2/c1-11(2)14(15(21)20-8-3-4-9-20)19-16(22)18-13-7-5-6-12(17)10-13/h5-7,10-11,14H,3-4,8-9H2,1-2H3,(H2,18,19,22)/t14-/m1/s1. The minimum Gasteiger partial charge on any atom is -0.341 e. The van der Waals surface area contributed by atoms with Crippen LogP contribution in [0.5, 0.6) is 0 Å². The maximum Gasteiger partial charge on any atom is 0.319 e. The molecule has 0 radical (unpaired) electrons. The summed E-state index contributed by atoms with van der Waals surface area (Å²) in [7, 11) is 0. The van der Waals surface area contributed by atoms with E-state index in [1.165, 1.54) is 0 Å². The first-order chi connectivity index (χ1) is 10.5. The highest BCUT2D eigenvalue weighted by atomic mass is 35.5. The number of likely N-dealkylation sites (tertiary alicyclic amines) is 1. The van der Waals surface area contributed by atoms with E-state index in [9.17, 15) is 9.59 Å². The summed E-state index contributed by atoms with van der Waals surface area (Å²) in [4.78, 5) is 26.4. The lowest BCUT2D eigenvalue weighted by Crippen LogP contribution is -2.51. The van der Waals surface area contributed by atoms with Crippen molar-refractivity contribution in [3.05, 3.63) is 29.3 Å². The normalized spacial score (nSPS) is 15.7. The molecule has 0 aliphatic carbocycles. The molecule has 22 heavy (non-hydrogen) atoms. The number of amides is 3. The van der Waals surface area contributed by atoms with Crippen molar-refractivity contribution in [3.63, 3.8) is 0 Å². The maximum absolute atomic E-state index is 12.5. The Balaban J connectivity index is 1.98. The van der Waals surface area contributed by atoms with E-state index in [4.69, 9.17) is 11.6 Å². The predicted octanol–water partition coefficient (Wildman–Crippen LogP) is 3.11. The topological polar surface area (TPSA) is 61.4 Å². The molecule has 0 spiro atoms. The van der Waals surface area contributed by atoms with Gasteiger partial charge in [-0.3, -0.25) is 4.79 Å². The van der Waals surface area contributed by atoms with E-state index in [1.54, 1.807) is 24.3 Å². The Labute approximate surface area is 136 Å². The summed E-state index contributed by atoms with van der Waals surface area (Å²) in [6.45, 7) is 5.41. The van der Waals surface area contributed by atoms with Gasteiger partial charge in [0.15, 0.2) is 0 Å². The molecule has 0 aromatic heterocycles. The van der Waals surface area contributed by atoms with E-state index >= 15 is 0 Å². The number of nitrogens with zero attached hydrogens (tertiary/aromatic N) is 1. The van der Waals surface area contributed by atoms with Gasteiger partial charge >= 0.3 is 6.03 Å². The Hall–Kier alpha value is -1.75. The van der Waals surface area contributed by atoms with Gasteiger partial charge in [-0.15, -0.1) is 0 Å². The van der Waals surface area contributed by atoms with Crippen molar-refractivity contribution in [1.82, 2.24) is 10.2 Å². The van der Waals surface area contributed by atoms with Gasteiger partial charge in [0.05, 0.1) is 0 Å². The molecule has 5 nitrogen and oxygen atoms in total. The van der Waals surface area contributed by atoms with Gasteiger partial charge < -0.3 is 15.5 Å². The number of benzene rings is 1. The molecule has 1 heterocycles. The summed E-state index contributed by atoms with van der Waals surface area (Å²) in [6, 6.07) is 5.99. The summed E-state index contributed by atoms with van der Waals surface area (Å²) in [5, 5.41) is 6.03. The van der Waals surface area contributed by atoms with Crippen molar-refractivity contribution in [2.45, 2.75) is 32.7 Å². The van der Waals surface area contributed by atoms with E-state index < -0.39 is 12.1 Å². The smallest absolute Gasteiger partial charge is 0.319 e. The van der Waals surface area contributed by atoms with Crippen LogP contribution >= 0.6 is 11.6 Å². The van der Waals surface area contributed by atoms with Crippen LogP contribution in [0, 0.1) is 5.92 Å². The van der Waals surface area contributed by atoms with Gasteiger partial charge in [-0.05, 0) is 37.0 Å². The average Bonchev–Trinajstić information content (AvgIpc) is 2.98. The number of urea groups is 1. The van der Waals surface area contributed by atoms with Gasteiger partial charge in [0.2, 0.25) is 5.91 Å². The SMILES string of the molecule is CC(C)[C@@H](NC(=O)Nc1cccc(Cl)c1)C(=O)N1CCCC1. The van der Waals surface area contributed by atoms with E-state index in [1.807, 2.05) is 18.7 Å². The molecular weight excluding hydrogens is 302 g/mol. The zero-order valence-corrected chi connectivity index (χ0v) is 13.7. The fourth-order valence-electron chi connectivity index (χ4n) is 2.52. The first-order valence-electron chi connectivity index (χ1n) is 7.59. The third-order valence-electron chi connectivity index (χ3n) is 3.72. The number of halogens is 1. The summed E-state index contributed by atoms with van der Waals surface area (Å²) < 4.78 is 0. The van der Waals surface area contributed by atoms with Crippen LogP contribution in [-0.4, -0.2) is 36.0 Å². The fourth-order valence-corrected chi connectivity index (χ4v) is 2.71. The Bertz CT molecular complexity index is 542. The highest BCUT2D eigenvalue weighted by Crippen LogP contribution is 2.16. The molecule has 1 atom stereocenters. The van der Waals surface area contributed by atoms with Gasteiger partial charge in [-0.1, -0.05) is 31.5 Å². The molecule has 0 saturated carbocycles. The van der Waals surface area contributed by atoms with Crippen molar-refractivity contribution in [3.8, 4) is 0 Å². The summed E-state index contributed by atoms with van der Waals surface area (Å²) >= 11 is 5.89. The molecule has 1 aliphatic heterocycles. The second-order valence-corrected chi connectivity index (χ2v) is 6.30. The molecule has 2 rings (SSSR count). The number of nitrogens with one attached hydrogen (secondary N) is 2. The van der Waals surface area contributed by atoms with E-state index in [2.05, 4.69) is 10.6 Å².